The number of aromatic nitrogens is 1. The first-order valence-electron chi connectivity index (χ1n) is 6.46. The lowest BCUT2D eigenvalue weighted by Gasteiger charge is -2.13. The Kier molecular flexibility index (Phi) is 3.47. The van der Waals surface area contributed by atoms with Gasteiger partial charge in [0, 0.05) is 17.8 Å². The molecule has 0 spiro atoms. The minimum atomic E-state index is -0.0362. The van der Waals surface area contributed by atoms with Crippen molar-refractivity contribution in [1.29, 1.82) is 0 Å². The summed E-state index contributed by atoms with van der Waals surface area (Å²) in [5.41, 5.74) is 2.92. The Hall–Kier alpha value is -1.84. The number of aryl methyl sites for hydroxylation is 1. The zero-order chi connectivity index (χ0) is 14.1. The number of halogens is 1. The summed E-state index contributed by atoms with van der Waals surface area (Å²) in [6.45, 7) is 2.03. The van der Waals surface area contributed by atoms with E-state index in [0.717, 1.165) is 27.9 Å². The molecule has 0 fully saturated rings. The van der Waals surface area contributed by atoms with Crippen molar-refractivity contribution in [1.82, 2.24) is 10.3 Å². The summed E-state index contributed by atoms with van der Waals surface area (Å²) >= 11 is 6.16. The SMILES string of the molecule is CNC(c1cncc(C)c1)c1cc2cccc(Cl)c2o1. The van der Waals surface area contributed by atoms with E-state index in [2.05, 4.69) is 16.4 Å². The molecule has 4 heteroatoms. The number of furan rings is 1. The van der Waals surface area contributed by atoms with E-state index in [1.54, 1.807) is 0 Å². The third kappa shape index (κ3) is 2.30. The fourth-order valence-electron chi connectivity index (χ4n) is 2.40. The highest BCUT2D eigenvalue weighted by Gasteiger charge is 2.18. The van der Waals surface area contributed by atoms with Gasteiger partial charge in [-0.15, -0.1) is 0 Å². The Bertz CT molecular complexity index is 751. The lowest BCUT2D eigenvalue weighted by Crippen LogP contribution is -2.17. The Morgan fingerprint density at radius 2 is 2.10 bits per heavy atom. The molecule has 3 nitrogen and oxygen atoms in total. The molecule has 3 aromatic rings. The molecular weight excluding hydrogens is 272 g/mol. The van der Waals surface area contributed by atoms with Gasteiger partial charge in [0.25, 0.3) is 0 Å². The maximum atomic E-state index is 6.16. The van der Waals surface area contributed by atoms with Gasteiger partial charge in [0.05, 0.1) is 11.1 Å². The number of fused-ring (bicyclic) bond motifs is 1. The Balaban J connectivity index is 2.09. The molecule has 1 aromatic carbocycles. The van der Waals surface area contributed by atoms with E-state index in [1.165, 1.54) is 0 Å². The molecule has 0 amide bonds. The van der Waals surface area contributed by atoms with Crippen LogP contribution in [0.1, 0.15) is 22.9 Å². The third-order valence-electron chi connectivity index (χ3n) is 3.32. The van der Waals surface area contributed by atoms with Crippen LogP contribution in [0.25, 0.3) is 11.0 Å². The minimum Gasteiger partial charge on any atom is -0.457 e. The van der Waals surface area contributed by atoms with Gasteiger partial charge in [-0.2, -0.15) is 0 Å². The van der Waals surface area contributed by atoms with Gasteiger partial charge in [-0.3, -0.25) is 4.98 Å². The summed E-state index contributed by atoms with van der Waals surface area (Å²) in [6, 6.07) is 9.83. The summed E-state index contributed by atoms with van der Waals surface area (Å²) in [7, 11) is 1.90. The number of nitrogens with one attached hydrogen (secondary N) is 1. The number of nitrogens with zero attached hydrogens (tertiary/aromatic N) is 1. The molecular formula is C16H15ClN2O. The maximum Gasteiger partial charge on any atom is 0.152 e. The summed E-state index contributed by atoms with van der Waals surface area (Å²) < 4.78 is 5.92. The monoisotopic (exact) mass is 286 g/mol. The summed E-state index contributed by atoms with van der Waals surface area (Å²) in [4.78, 5) is 4.24. The van der Waals surface area contributed by atoms with E-state index in [9.17, 15) is 0 Å². The van der Waals surface area contributed by atoms with Crippen molar-refractivity contribution in [3.63, 3.8) is 0 Å². The molecule has 0 saturated heterocycles. The smallest absolute Gasteiger partial charge is 0.152 e. The molecule has 0 aliphatic rings. The second-order valence-electron chi connectivity index (χ2n) is 4.82. The van der Waals surface area contributed by atoms with E-state index in [1.807, 2.05) is 50.6 Å². The van der Waals surface area contributed by atoms with Crippen LogP contribution in [-0.2, 0) is 0 Å². The van der Waals surface area contributed by atoms with Crippen LogP contribution < -0.4 is 5.32 Å². The summed E-state index contributed by atoms with van der Waals surface area (Å²) in [6.07, 6.45) is 3.69. The van der Waals surface area contributed by atoms with Crippen molar-refractivity contribution in [2.24, 2.45) is 0 Å². The van der Waals surface area contributed by atoms with Crippen LogP contribution in [0.2, 0.25) is 5.02 Å². The van der Waals surface area contributed by atoms with Crippen LogP contribution in [0.3, 0.4) is 0 Å². The zero-order valence-corrected chi connectivity index (χ0v) is 12.1. The van der Waals surface area contributed by atoms with Crippen LogP contribution in [0.4, 0.5) is 0 Å². The quantitative estimate of drug-likeness (QED) is 0.788. The molecule has 102 valence electrons. The van der Waals surface area contributed by atoms with Crippen LogP contribution in [0, 0.1) is 6.92 Å². The standard InChI is InChI=1S/C16H15ClN2O/c1-10-6-12(9-19-8-10)15(18-2)14-7-11-4-3-5-13(17)16(11)20-14/h3-9,15,18H,1-2H3. The molecule has 2 heterocycles. The fourth-order valence-corrected chi connectivity index (χ4v) is 2.62. The van der Waals surface area contributed by atoms with Gasteiger partial charge in [0.15, 0.2) is 5.58 Å². The minimum absolute atomic E-state index is 0.0362. The highest BCUT2D eigenvalue weighted by molar-refractivity contribution is 6.34. The topological polar surface area (TPSA) is 38.1 Å². The van der Waals surface area contributed by atoms with E-state index in [-0.39, 0.29) is 6.04 Å². The van der Waals surface area contributed by atoms with Crippen molar-refractivity contribution in [2.45, 2.75) is 13.0 Å². The van der Waals surface area contributed by atoms with E-state index in [4.69, 9.17) is 16.0 Å². The van der Waals surface area contributed by atoms with Crippen LogP contribution in [-0.4, -0.2) is 12.0 Å². The lowest BCUT2D eigenvalue weighted by molar-refractivity contribution is 0.491. The average molecular weight is 287 g/mol. The highest BCUT2D eigenvalue weighted by Crippen LogP contribution is 2.31. The predicted molar refractivity (Wildman–Crippen MR) is 81.1 cm³/mol. The fraction of sp³-hybridized carbons (Fsp3) is 0.188. The van der Waals surface area contributed by atoms with Gasteiger partial charge in [0.2, 0.25) is 0 Å². The first-order valence-corrected chi connectivity index (χ1v) is 6.83. The van der Waals surface area contributed by atoms with Gasteiger partial charge >= 0.3 is 0 Å². The summed E-state index contributed by atoms with van der Waals surface area (Å²) in [5, 5.41) is 4.90. The van der Waals surface area contributed by atoms with Crippen molar-refractivity contribution >= 4 is 22.6 Å². The van der Waals surface area contributed by atoms with Crippen molar-refractivity contribution in [3.05, 3.63) is 64.6 Å². The number of para-hydroxylation sites is 1. The molecule has 0 aliphatic carbocycles. The molecule has 2 aromatic heterocycles. The number of benzene rings is 1. The molecule has 0 saturated carbocycles. The molecule has 0 radical (unpaired) electrons. The lowest BCUT2D eigenvalue weighted by atomic mass is 10.1. The molecule has 0 aliphatic heterocycles. The number of hydrogen-bond donors (Lipinski definition) is 1. The highest BCUT2D eigenvalue weighted by atomic mass is 35.5. The normalized spacial score (nSPS) is 12.8. The molecule has 20 heavy (non-hydrogen) atoms. The van der Waals surface area contributed by atoms with E-state index < -0.39 is 0 Å². The average Bonchev–Trinajstić information content (AvgIpc) is 2.85. The van der Waals surface area contributed by atoms with Crippen molar-refractivity contribution in [3.8, 4) is 0 Å². The Labute approximate surface area is 122 Å². The predicted octanol–water partition coefficient (Wildman–Crippen LogP) is 4.10. The van der Waals surface area contributed by atoms with Gasteiger partial charge in [0.1, 0.15) is 5.76 Å². The van der Waals surface area contributed by atoms with Crippen LogP contribution in [0.5, 0.6) is 0 Å². The maximum absolute atomic E-state index is 6.16. The van der Waals surface area contributed by atoms with Crippen molar-refractivity contribution < 1.29 is 4.42 Å². The second-order valence-corrected chi connectivity index (χ2v) is 5.23. The molecule has 1 N–H and O–H groups in total. The third-order valence-corrected chi connectivity index (χ3v) is 3.62. The largest absolute Gasteiger partial charge is 0.457 e. The molecule has 1 unspecified atom stereocenters. The van der Waals surface area contributed by atoms with Gasteiger partial charge in [-0.25, -0.2) is 0 Å². The summed E-state index contributed by atoms with van der Waals surface area (Å²) in [5.74, 6) is 0.836. The van der Waals surface area contributed by atoms with E-state index >= 15 is 0 Å². The first-order chi connectivity index (χ1) is 9.69. The molecule has 3 rings (SSSR count). The Morgan fingerprint density at radius 1 is 1.25 bits per heavy atom. The number of pyridine rings is 1. The van der Waals surface area contributed by atoms with Gasteiger partial charge in [-0.05, 0) is 37.2 Å². The van der Waals surface area contributed by atoms with Crippen LogP contribution >= 0.6 is 11.6 Å². The first kappa shape index (κ1) is 13.2. The van der Waals surface area contributed by atoms with Crippen molar-refractivity contribution in [2.75, 3.05) is 7.05 Å². The zero-order valence-electron chi connectivity index (χ0n) is 11.4. The second kappa shape index (κ2) is 5.27. The molecule has 0 bridgehead atoms. The number of rotatable bonds is 3. The number of hydrogen-bond acceptors (Lipinski definition) is 3. The van der Waals surface area contributed by atoms with Gasteiger partial charge in [-0.1, -0.05) is 29.8 Å². The van der Waals surface area contributed by atoms with E-state index in [0.29, 0.717) is 5.02 Å². The van der Waals surface area contributed by atoms with Gasteiger partial charge < -0.3 is 9.73 Å². The Morgan fingerprint density at radius 3 is 2.80 bits per heavy atom. The van der Waals surface area contributed by atoms with Crippen LogP contribution in [0.15, 0.2) is 47.1 Å². The molecule has 1 atom stereocenters.